The molecule has 0 atom stereocenters. The quantitative estimate of drug-likeness (QED) is 0.469. The van der Waals surface area contributed by atoms with E-state index in [9.17, 15) is 14.7 Å². The molecule has 0 radical (unpaired) electrons. The summed E-state index contributed by atoms with van der Waals surface area (Å²) >= 11 is 1.20. The number of rotatable bonds is 7. The van der Waals surface area contributed by atoms with Crippen LogP contribution in [0.25, 0.3) is 10.2 Å². The van der Waals surface area contributed by atoms with Gasteiger partial charge in [0.05, 0.1) is 23.2 Å². The highest BCUT2D eigenvalue weighted by Crippen LogP contribution is 2.35. The standard InChI is InChI=1S/C18H17N3O5S/c1-10-13-15(21-12-6-4-3-5-11(12)17(22)23)19-9-20-16(13)27-14(10)18(24)26-8-7-25-2/h3-6,9H,7-8H2,1-2H3,(H,22,23)(H,19,20,21). The van der Waals surface area contributed by atoms with Crippen LogP contribution < -0.4 is 5.32 Å². The Morgan fingerprint density at radius 3 is 2.74 bits per heavy atom. The highest BCUT2D eigenvalue weighted by molar-refractivity contribution is 7.20. The molecule has 0 bridgehead atoms. The molecular weight excluding hydrogens is 370 g/mol. The average molecular weight is 387 g/mol. The minimum absolute atomic E-state index is 0.122. The van der Waals surface area contributed by atoms with Gasteiger partial charge in [0, 0.05) is 7.11 Å². The second-order valence-electron chi connectivity index (χ2n) is 5.56. The van der Waals surface area contributed by atoms with Crippen LogP contribution in [0, 0.1) is 6.92 Å². The Hall–Kier alpha value is -3.04. The summed E-state index contributed by atoms with van der Waals surface area (Å²) in [5.74, 6) is -1.07. The molecule has 0 unspecified atom stereocenters. The number of hydrogen-bond acceptors (Lipinski definition) is 8. The van der Waals surface area contributed by atoms with Crippen molar-refractivity contribution in [3.8, 4) is 0 Å². The fourth-order valence-corrected chi connectivity index (χ4v) is 3.59. The van der Waals surface area contributed by atoms with Crippen molar-refractivity contribution >= 4 is 45.0 Å². The topological polar surface area (TPSA) is 111 Å². The van der Waals surface area contributed by atoms with E-state index in [1.165, 1.54) is 30.8 Å². The van der Waals surface area contributed by atoms with E-state index in [0.717, 1.165) is 0 Å². The Morgan fingerprint density at radius 2 is 2.00 bits per heavy atom. The summed E-state index contributed by atoms with van der Waals surface area (Å²) in [4.78, 5) is 33.2. The van der Waals surface area contributed by atoms with Crippen LogP contribution in [0.5, 0.6) is 0 Å². The van der Waals surface area contributed by atoms with Gasteiger partial charge >= 0.3 is 11.9 Å². The lowest BCUT2D eigenvalue weighted by atomic mass is 10.1. The lowest BCUT2D eigenvalue weighted by molar-refractivity contribution is 0.0392. The maximum atomic E-state index is 12.3. The third kappa shape index (κ3) is 3.88. The first kappa shape index (κ1) is 18.7. The summed E-state index contributed by atoms with van der Waals surface area (Å²) in [6.45, 7) is 2.25. The Labute approximate surface area is 158 Å². The summed E-state index contributed by atoms with van der Waals surface area (Å²) in [7, 11) is 1.53. The van der Waals surface area contributed by atoms with Crippen LogP contribution in [0.3, 0.4) is 0 Å². The minimum Gasteiger partial charge on any atom is -0.478 e. The lowest BCUT2D eigenvalue weighted by Gasteiger charge is -2.10. The molecule has 3 rings (SSSR count). The molecule has 2 aromatic heterocycles. The van der Waals surface area contributed by atoms with Crippen molar-refractivity contribution in [3.05, 3.63) is 46.6 Å². The number of fused-ring (bicyclic) bond motifs is 1. The Balaban J connectivity index is 1.98. The molecule has 3 aromatic rings. The third-order valence-electron chi connectivity index (χ3n) is 3.84. The fourth-order valence-electron chi connectivity index (χ4n) is 2.55. The van der Waals surface area contributed by atoms with Crippen molar-refractivity contribution in [1.29, 1.82) is 0 Å². The molecule has 9 heteroatoms. The van der Waals surface area contributed by atoms with Crippen molar-refractivity contribution in [1.82, 2.24) is 9.97 Å². The molecule has 27 heavy (non-hydrogen) atoms. The van der Waals surface area contributed by atoms with Gasteiger partial charge in [-0.2, -0.15) is 0 Å². The molecule has 0 spiro atoms. The predicted octanol–water partition coefficient (Wildman–Crippen LogP) is 3.24. The van der Waals surface area contributed by atoms with Gasteiger partial charge in [-0.1, -0.05) is 12.1 Å². The Morgan fingerprint density at radius 1 is 1.22 bits per heavy atom. The molecule has 0 fully saturated rings. The first-order valence-corrected chi connectivity index (χ1v) is 8.84. The number of ether oxygens (including phenoxy) is 2. The first-order valence-electron chi connectivity index (χ1n) is 8.02. The molecule has 2 heterocycles. The van der Waals surface area contributed by atoms with Crippen LogP contribution in [-0.2, 0) is 9.47 Å². The second kappa shape index (κ2) is 8.11. The van der Waals surface area contributed by atoms with Crippen molar-refractivity contribution in [3.63, 3.8) is 0 Å². The van der Waals surface area contributed by atoms with Gasteiger partial charge in [0.25, 0.3) is 0 Å². The van der Waals surface area contributed by atoms with Crippen LogP contribution in [-0.4, -0.2) is 47.3 Å². The molecule has 0 aliphatic rings. The predicted molar refractivity (Wildman–Crippen MR) is 101 cm³/mol. The zero-order valence-electron chi connectivity index (χ0n) is 14.7. The van der Waals surface area contributed by atoms with E-state index >= 15 is 0 Å². The SMILES string of the molecule is COCCOC(=O)c1sc2ncnc(Nc3ccccc3C(=O)O)c2c1C. The molecule has 140 valence electrons. The van der Waals surface area contributed by atoms with Crippen molar-refractivity contribution in [2.45, 2.75) is 6.92 Å². The van der Waals surface area contributed by atoms with Gasteiger partial charge in [0.2, 0.25) is 0 Å². The monoisotopic (exact) mass is 387 g/mol. The maximum absolute atomic E-state index is 12.3. The number of methoxy groups -OCH3 is 1. The van der Waals surface area contributed by atoms with E-state index in [1.807, 2.05) is 0 Å². The number of aromatic nitrogens is 2. The van der Waals surface area contributed by atoms with Gasteiger partial charge in [-0.15, -0.1) is 11.3 Å². The number of nitrogens with one attached hydrogen (secondary N) is 1. The van der Waals surface area contributed by atoms with E-state index < -0.39 is 11.9 Å². The Bertz CT molecular complexity index is 1000. The molecule has 0 aliphatic heterocycles. The largest absolute Gasteiger partial charge is 0.478 e. The van der Waals surface area contributed by atoms with E-state index in [0.29, 0.717) is 38.8 Å². The van der Waals surface area contributed by atoms with Gasteiger partial charge in [-0.05, 0) is 24.6 Å². The number of carboxylic acid groups (broad SMARTS) is 1. The number of hydrogen-bond donors (Lipinski definition) is 2. The van der Waals surface area contributed by atoms with Crippen molar-refractivity contribution in [2.75, 3.05) is 25.6 Å². The Kier molecular flexibility index (Phi) is 5.63. The molecule has 8 nitrogen and oxygen atoms in total. The summed E-state index contributed by atoms with van der Waals surface area (Å²) in [6.07, 6.45) is 1.37. The zero-order valence-corrected chi connectivity index (χ0v) is 15.5. The number of para-hydroxylation sites is 1. The number of esters is 1. The van der Waals surface area contributed by atoms with Crippen molar-refractivity contribution in [2.24, 2.45) is 0 Å². The van der Waals surface area contributed by atoms with Crippen molar-refractivity contribution < 1.29 is 24.2 Å². The number of carbonyl (C=O) groups is 2. The number of aromatic carboxylic acids is 1. The molecule has 2 N–H and O–H groups in total. The van der Waals surface area contributed by atoms with Crippen LogP contribution in [0.15, 0.2) is 30.6 Å². The number of carboxylic acids is 1. The summed E-state index contributed by atoms with van der Waals surface area (Å²) < 4.78 is 10.1. The molecule has 0 amide bonds. The van der Waals surface area contributed by atoms with E-state index in [1.54, 1.807) is 25.1 Å². The molecule has 1 aromatic carbocycles. The molecule has 0 saturated carbocycles. The minimum atomic E-state index is -1.05. The second-order valence-corrected chi connectivity index (χ2v) is 6.56. The average Bonchev–Trinajstić information content (AvgIpc) is 3.00. The maximum Gasteiger partial charge on any atom is 0.348 e. The van der Waals surface area contributed by atoms with Gasteiger partial charge in [-0.25, -0.2) is 19.6 Å². The van der Waals surface area contributed by atoms with Gasteiger partial charge in [0.1, 0.15) is 28.5 Å². The zero-order chi connectivity index (χ0) is 19.4. The summed E-state index contributed by atoms with van der Waals surface area (Å²) in [5.41, 5.74) is 1.20. The number of thiophene rings is 1. The van der Waals surface area contributed by atoms with Crippen LogP contribution in [0.4, 0.5) is 11.5 Å². The van der Waals surface area contributed by atoms with Crippen LogP contribution >= 0.6 is 11.3 Å². The van der Waals surface area contributed by atoms with E-state index in [2.05, 4.69) is 15.3 Å². The van der Waals surface area contributed by atoms with Gasteiger partial charge in [-0.3, -0.25) is 0 Å². The van der Waals surface area contributed by atoms with E-state index in [4.69, 9.17) is 9.47 Å². The van der Waals surface area contributed by atoms with E-state index in [-0.39, 0.29) is 12.2 Å². The highest BCUT2D eigenvalue weighted by Gasteiger charge is 2.21. The number of nitrogens with zero attached hydrogens (tertiary/aromatic N) is 2. The molecule has 0 saturated heterocycles. The fraction of sp³-hybridized carbons (Fsp3) is 0.222. The van der Waals surface area contributed by atoms with Crippen LogP contribution in [0.1, 0.15) is 25.6 Å². The highest BCUT2D eigenvalue weighted by atomic mass is 32.1. The number of carbonyl (C=O) groups excluding carboxylic acids is 1. The number of anilines is 2. The number of aryl methyl sites for hydroxylation is 1. The molecule has 0 aliphatic carbocycles. The summed E-state index contributed by atoms with van der Waals surface area (Å²) in [5, 5.41) is 13.0. The first-order chi connectivity index (χ1) is 13.0. The normalized spacial score (nSPS) is 10.7. The lowest BCUT2D eigenvalue weighted by Crippen LogP contribution is -2.09. The summed E-state index contributed by atoms with van der Waals surface area (Å²) in [6, 6.07) is 6.53. The smallest absolute Gasteiger partial charge is 0.348 e. The number of benzene rings is 1. The molecular formula is C18H17N3O5S. The van der Waals surface area contributed by atoms with Crippen LogP contribution in [0.2, 0.25) is 0 Å². The third-order valence-corrected chi connectivity index (χ3v) is 5.02. The van der Waals surface area contributed by atoms with Gasteiger partial charge < -0.3 is 19.9 Å². The van der Waals surface area contributed by atoms with Gasteiger partial charge in [0.15, 0.2) is 0 Å².